The molecule has 0 unspecified atom stereocenters. The van der Waals surface area contributed by atoms with Gasteiger partial charge in [-0.1, -0.05) is 30.3 Å². The summed E-state index contributed by atoms with van der Waals surface area (Å²) in [5.74, 6) is -3.21. The van der Waals surface area contributed by atoms with Gasteiger partial charge in [-0.25, -0.2) is 0 Å². The highest BCUT2D eigenvalue weighted by Crippen LogP contribution is 2.31. The molecule has 1 rings (SSSR count). The summed E-state index contributed by atoms with van der Waals surface area (Å²) >= 11 is 0. The highest BCUT2D eigenvalue weighted by Gasteiger charge is 2.39. The predicted molar refractivity (Wildman–Crippen MR) is 90.4 cm³/mol. The molecule has 0 bridgehead atoms. The van der Waals surface area contributed by atoms with Crippen molar-refractivity contribution in [3.8, 4) is 0 Å². The minimum Gasteiger partial charge on any atom is -0.462 e. The van der Waals surface area contributed by atoms with Crippen LogP contribution in [0.25, 0.3) is 0 Å². The van der Waals surface area contributed by atoms with Gasteiger partial charge < -0.3 is 14.3 Å². The topological polar surface area (TPSA) is 69.7 Å². The third-order valence-electron chi connectivity index (χ3n) is 3.35. The minimum atomic E-state index is -1.17. The fourth-order valence-corrected chi connectivity index (χ4v) is 2.47. The Bertz CT molecular complexity index is 540. The van der Waals surface area contributed by atoms with Crippen molar-refractivity contribution in [1.82, 2.24) is 0 Å². The molecule has 0 N–H and O–H groups in total. The Labute approximate surface area is 143 Å². The molecule has 0 aliphatic rings. The van der Waals surface area contributed by atoms with Gasteiger partial charge in [0.1, 0.15) is 5.78 Å². The first-order valence-corrected chi connectivity index (χ1v) is 8.17. The predicted octanol–water partition coefficient (Wildman–Crippen LogP) is 3.27. The number of carbonyl (C=O) groups is 3. The van der Waals surface area contributed by atoms with Crippen molar-refractivity contribution < 1.29 is 23.9 Å². The zero-order valence-electron chi connectivity index (χ0n) is 14.9. The number of ketones is 1. The standard InChI is InChI=1S/C19H26O5/c1-12(2)23-18(21)17(19(22)24-13(3)4)16(11-14(5)20)15-9-7-6-8-10-15/h6-10,12-13,16-17H,11H2,1-5H3/t16-/m0/s1. The molecule has 5 heteroatoms. The fourth-order valence-electron chi connectivity index (χ4n) is 2.47. The molecule has 24 heavy (non-hydrogen) atoms. The van der Waals surface area contributed by atoms with Gasteiger partial charge in [0.2, 0.25) is 0 Å². The van der Waals surface area contributed by atoms with Gasteiger partial charge in [0.15, 0.2) is 5.92 Å². The van der Waals surface area contributed by atoms with Gasteiger partial charge in [-0.3, -0.25) is 9.59 Å². The number of esters is 2. The molecule has 0 radical (unpaired) electrons. The van der Waals surface area contributed by atoms with Gasteiger partial charge in [-0.05, 0) is 40.2 Å². The quantitative estimate of drug-likeness (QED) is 0.539. The molecule has 1 aromatic rings. The molecule has 132 valence electrons. The van der Waals surface area contributed by atoms with E-state index < -0.39 is 23.8 Å². The van der Waals surface area contributed by atoms with Crippen LogP contribution < -0.4 is 0 Å². The molecule has 0 aliphatic heterocycles. The number of hydrogen-bond acceptors (Lipinski definition) is 5. The molecule has 1 aromatic carbocycles. The summed E-state index contributed by atoms with van der Waals surface area (Å²) in [5, 5.41) is 0. The number of benzene rings is 1. The number of Topliss-reactive ketones (excluding diaryl/α,β-unsaturated/α-hetero) is 1. The van der Waals surface area contributed by atoms with E-state index in [9.17, 15) is 14.4 Å². The van der Waals surface area contributed by atoms with E-state index in [0.717, 1.165) is 5.56 Å². The summed E-state index contributed by atoms with van der Waals surface area (Å²) in [6.45, 7) is 8.29. The molecule has 0 aromatic heterocycles. The number of hydrogen-bond donors (Lipinski definition) is 0. The molecule has 0 aliphatic carbocycles. The van der Waals surface area contributed by atoms with Gasteiger partial charge in [0, 0.05) is 12.3 Å². The summed E-state index contributed by atoms with van der Waals surface area (Å²) in [7, 11) is 0. The molecule has 0 saturated carbocycles. The lowest BCUT2D eigenvalue weighted by atomic mass is 9.82. The van der Waals surface area contributed by atoms with Gasteiger partial charge in [0.25, 0.3) is 0 Å². The lowest BCUT2D eigenvalue weighted by molar-refractivity contribution is -0.167. The molecule has 0 fully saturated rings. The second-order valence-corrected chi connectivity index (χ2v) is 6.37. The lowest BCUT2D eigenvalue weighted by Crippen LogP contribution is -2.36. The van der Waals surface area contributed by atoms with Crippen LogP contribution in [0.3, 0.4) is 0 Å². The fraction of sp³-hybridized carbons (Fsp3) is 0.526. The Balaban J connectivity index is 3.25. The van der Waals surface area contributed by atoms with Crippen LogP contribution in [-0.2, 0) is 23.9 Å². The van der Waals surface area contributed by atoms with Crippen molar-refractivity contribution >= 4 is 17.7 Å². The summed E-state index contributed by atoms with van der Waals surface area (Å²) in [5.41, 5.74) is 0.735. The van der Waals surface area contributed by atoms with Crippen LogP contribution in [0.4, 0.5) is 0 Å². The smallest absolute Gasteiger partial charge is 0.321 e. The van der Waals surface area contributed by atoms with Crippen LogP contribution in [0, 0.1) is 5.92 Å². The summed E-state index contributed by atoms with van der Waals surface area (Å²) < 4.78 is 10.5. The number of ether oxygens (including phenoxy) is 2. The summed E-state index contributed by atoms with van der Waals surface area (Å²) in [6, 6.07) is 9.04. The van der Waals surface area contributed by atoms with Crippen molar-refractivity contribution in [2.24, 2.45) is 5.92 Å². The van der Waals surface area contributed by atoms with Crippen molar-refractivity contribution in [3.63, 3.8) is 0 Å². The van der Waals surface area contributed by atoms with Gasteiger partial charge in [-0.2, -0.15) is 0 Å². The molecule has 0 heterocycles. The van der Waals surface area contributed by atoms with Crippen LogP contribution in [-0.4, -0.2) is 29.9 Å². The molecule has 0 spiro atoms. The third kappa shape index (κ3) is 6.14. The summed E-state index contributed by atoms with van der Waals surface area (Å²) in [4.78, 5) is 36.8. The van der Waals surface area contributed by atoms with E-state index in [1.165, 1.54) is 6.92 Å². The average molecular weight is 334 g/mol. The second kappa shape index (κ2) is 9.21. The number of carbonyl (C=O) groups excluding carboxylic acids is 3. The van der Waals surface area contributed by atoms with Gasteiger partial charge in [0.05, 0.1) is 12.2 Å². The zero-order valence-corrected chi connectivity index (χ0v) is 14.9. The van der Waals surface area contributed by atoms with E-state index in [4.69, 9.17) is 9.47 Å². The van der Waals surface area contributed by atoms with Gasteiger partial charge in [-0.15, -0.1) is 0 Å². The maximum absolute atomic E-state index is 12.5. The van der Waals surface area contributed by atoms with Crippen LogP contribution >= 0.6 is 0 Å². The van der Waals surface area contributed by atoms with Crippen molar-refractivity contribution in [2.75, 3.05) is 0 Å². The second-order valence-electron chi connectivity index (χ2n) is 6.37. The van der Waals surface area contributed by atoms with Gasteiger partial charge >= 0.3 is 11.9 Å². The molecule has 1 atom stereocenters. The van der Waals surface area contributed by atoms with Crippen molar-refractivity contribution in [1.29, 1.82) is 0 Å². The molecular formula is C19H26O5. The highest BCUT2D eigenvalue weighted by molar-refractivity contribution is 5.97. The highest BCUT2D eigenvalue weighted by atomic mass is 16.6. The maximum Gasteiger partial charge on any atom is 0.321 e. The van der Waals surface area contributed by atoms with E-state index in [0.29, 0.717) is 0 Å². The molecular weight excluding hydrogens is 308 g/mol. The monoisotopic (exact) mass is 334 g/mol. The maximum atomic E-state index is 12.5. The number of rotatable bonds is 8. The Morgan fingerprint density at radius 3 is 1.71 bits per heavy atom. The van der Waals surface area contributed by atoms with E-state index in [1.54, 1.807) is 52.0 Å². The first-order chi connectivity index (χ1) is 11.2. The summed E-state index contributed by atoms with van der Waals surface area (Å²) in [6.07, 6.45) is -0.657. The SMILES string of the molecule is CC(=O)C[C@@H](c1ccccc1)C(C(=O)OC(C)C)C(=O)OC(C)C. The Morgan fingerprint density at radius 2 is 1.33 bits per heavy atom. The third-order valence-corrected chi connectivity index (χ3v) is 3.35. The largest absolute Gasteiger partial charge is 0.462 e. The van der Waals surface area contributed by atoms with Crippen LogP contribution in [0.2, 0.25) is 0 Å². The van der Waals surface area contributed by atoms with E-state index in [1.807, 2.05) is 6.07 Å². The average Bonchev–Trinajstić information content (AvgIpc) is 2.45. The molecule has 0 amide bonds. The molecule has 0 saturated heterocycles. The zero-order chi connectivity index (χ0) is 18.3. The van der Waals surface area contributed by atoms with Crippen molar-refractivity contribution in [2.45, 2.75) is 59.2 Å². The first kappa shape index (κ1) is 19.9. The van der Waals surface area contributed by atoms with Crippen LogP contribution in [0.15, 0.2) is 30.3 Å². The first-order valence-electron chi connectivity index (χ1n) is 8.17. The normalized spacial score (nSPS) is 12.3. The molecule has 5 nitrogen and oxygen atoms in total. The lowest BCUT2D eigenvalue weighted by Gasteiger charge is -2.25. The van der Waals surface area contributed by atoms with Crippen LogP contribution in [0.1, 0.15) is 52.5 Å². The van der Waals surface area contributed by atoms with Crippen LogP contribution in [0.5, 0.6) is 0 Å². The van der Waals surface area contributed by atoms with E-state index >= 15 is 0 Å². The van der Waals surface area contributed by atoms with E-state index in [-0.39, 0.29) is 24.4 Å². The Hall–Kier alpha value is -2.17. The Kier molecular flexibility index (Phi) is 7.62. The Morgan fingerprint density at radius 1 is 0.875 bits per heavy atom. The van der Waals surface area contributed by atoms with E-state index in [2.05, 4.69) is 0 Å². The minimum absolute atomic E-state index is 0.0646. The van der Waals surface area contributed by atoms with Crippen molar-refractivity contribution in [3.05, 3.63) is 35.9 Å².